The molecule has 2 heteroatoms. The number of nitrogens with one attached hydrogen (secondary N) is 1. The second-order valence-electron chi connectivity index (χ2n) is 4.50. The molecule has 0 aromatic rings. The highest BCUT2D eigenvalue weighted by Crippen LogP contribution is 2.24. The van der Waals surface area contributed by atoms with Gasteiger partial charge < -0.3 is 5.32 Å². The van der Waals surface area contributed by atoms with Crippen LogP contribution < -0.4 is 5.32 Å². The van der Waals surface area contributed by atoms with Crippen molar-refractivity contribution in [3.63, 3.8) is 0 Å². The molecular weight excluding hydrogens is 160 g/mol. The standard InChI is InChI=1S/C11H24N2/c1-9-6-5-7-13(11(9)3)10(2)8-12-4/h9-12H,5-8H2,1-4H3. The normalized spacial score (nSPS) is 33.2. The van der Waals surface area contributed by atoms with Crippen LogP contribution in [0.3, 0.4) is 0 Å². The van der Waals surface area contributed by atoms with Crippen LogP contribution in [0, 0.1) is 5.92 Å². The van der Waals surface area contributed by atoms with Crippen molar-refractivity contribution in [2.24, 2.45) is 5.92 Å². The van der Waals surface area contributed by atoms with Crippen LogP contribution in [0.25, 0.3) is 0 Å². The summed E-state index contributed by atoms with van der Waals surface area (Å²) in [5, 5.41) is 3.26. The molecule has 0 amide bonds. The lowest BCUT2D eigenvalue weighted by molar-refractivity contribution is 0.0760. The number of likely N-dealkylation sites (tertiary alicyclic amines) is 1. The first-order valence-electron chi connectivity index (χ1n) is 5.57. The third-order valence-corrected chi connectivity index (χ3v) is 3.49. The smallest absolute Gasteiger partial charge is 0.0195 e. The quantitative estimate of drug-likeness (QED) is 0.718. The molecule has 1 N–H and O–H groups in total. The third-order valence-electron chi connectivity index (χ3n) is 3.49. The zero-order valence-electron chi connectivity index (χ0n) is 9.51. The number of hydrogen-bond donors (Lipinski definition) is 1. The zero-order valence-corrected chi connectivity index (χ0v) is 9.51. The summed E-state index contributed by atoms with van der Waals surface area (Å²) in [6, 6.07) is 1.44. The Hall–Kier alpha value is -0.0800. The van der Waals surface area contributed by atoms with Gasteiger partial charge in [-0.25, -0.2) is 0 Å². The molecule has 0 radical (unpaired) electrons. The molecule has 1 aliphatic heterocycles. The van der Waals surface area contributed by atoms with E-state index in [2.05, 4.69) is 31.0 Å². The summed E-state index contributed by atoms with van der Waals surface area (Å²) in [7, 11) is 2.04. The average molecular weight is 184 g/mol. The first-order chi connectivity index (χ1) is 6.16. The second kappa shape index (κ2) is 4.97. The number of likely N-dealkylation sites (N-methyl/N-ethyl adjacent to an activating group) is 1. The summed E-state index contributed by atoms with van der Waals surface area (Å²) in [5.74, 6) is 0.869. The Morgan fingerprint density at radius 2 is 2.15 bits per heavy atom. The minimum Gasteiger partial charge on any atom is -0.318 e. The summed E-state index contributed by atoms with van der Waals surface area (Å²) < 4.78 is 0. The van der Waals surface area contributed by atoms with E-state index in [9.17, 15) is 0 Å². The van der Waals surface area contributed by atoms with Crippen LogP contribution in [0.5, 0.6) is 0 Å². The van der Waals surface area contributed by atoms with Gasteiger partial charge in [0.1, 0.15) is 0 Å². The molecule has 3 atom stereocenters. The highest BCUT2D eigenvalue weighted by Gasteiger charge is 2.27. The SMILES string of the molecule is CNCC(C)N1CCCC(C)C1C. The van der Waals surface area contributed by atoms with Crippen molar-refractivity contribution < 1.29 is 0 Å². The molecule has 1 rings (SSSR count). The molecule has 2 nitrogen and oxygen atoms in total. The van der Waals surface area contributed by atoms with Gasteiger partial charge in [0.25, 0.3) is 0 Å². The minimum absolute atomic E-state index is 0.683. The van der Waals surface area contributed by atoms with Crippen LogP contribution in [0.15, 0.2) is 0 Å². The molecule has 0 saturated carbocycles. The van der Waals surface area contributed by atoms with Crippen molar-refractivity contribution in [3.8, 4) is 0 Å². The summed E-state index contributed by atoms with van der Waals surface area (Å²) >= 11 is 0. The summed E-state index contributed by atoms with van der Waals surface area (Å²) in [5.41, 5.74) is 0. The lowest BCUT2D eigenvalue weighted by Gasteiger charge is -2.41. The van der Waals surface area contributed by atoms with Gasteiger partial charge in [0.05, 0.1) is 0 Å². The molecule has 1 fully saturated rings. The van der Waals surface area contributed by atoms with E-state index < -0.39 is 0 Å². The van der Waals surface area contributed by atoms with Gasteiger partial charge in [0, 0.05) is 18.6 Å². The van der Waals surface area contributed by atoms with Crippen LogP contribution in [0.2, 0.25) is 0 Å². The van der Waals surface area contributed by atoms with Crippen molar-refractivity contribution in [2.75, 3.05) is 20.1 Å². The Labute approximate surface area is 82.7 Å². The highest BCUT2D eigenvalue weighted by molar-refractivity contribution is 4.82. The lowest BCUT2D eigenvalue weighted by Crippen LogP contribution is -2.50. The van der Waals surface area contributed by atoms with Crippen molar-refractivity contribution in [1.82, 2.24) is 10.2 Å². The Kier molecular flexibility index (Phi) is 4.20. The maximum absolute atomic E-state index is 3.26. The maximum Gasteiger partial charge on any atom is 0.0195 e. The van der Waals surface area contributed by atoms with Crippen LogP contribution in [0.1, 0.15) is 33.6 Å². The highest BCUT2D eigenvalue weighted by atomic mass is 15.2. The lowest BCUT2D eigenvalue weighted by atomic mass is 9.91. The van der Waals surface area contributed by atoms with Crippen LogP contribution in [-0.2, 0) is 0 Å². The maximum atomic E-state index is 3.26. The predicted octanol–water partition coefficient (Wildman–Crippen LogP) is 1.71. The first-order valence-corrected chi connectivity index (χ1v) is 5.57. The number of hydrogen-bond acceptors (Lipinski definition) is 2. The van der Waals surface area contributed by atoms with E-state index in [1.165, 1.54) is 19.4 Å². The molecule has 13 heavy (non-hydrogen) atoms. The van der Waals surface area contributed by atoms with Crippen molar-refractivity contribution >= 4 is 0 Å². The van der Waals surface area contributed by atoms with E-state index >= 15 is 0 Å². The fraction of sp³-hybridized carbons (Fsp3) is 1.00. The van der Waals surface area contributed by atoms with Crippen molar-refractivity contribution in [1.29, 1.82) is 0 Å². The molecule has 78 valence electrons. The van der Waals surface area contributed by atoms with Gasteiger partial charge in [-0.2, -0.15) is 0 Å². The molecule has 3 unspecified atom stereocenters. The van der Waals surface area contributed by atoms with Crippen LogP contribution in [0.4, 0.5) is 0 Å². The molecule has 1 aliphatic rings. The number of nitrogens with zero attached hydrogens (tertiary/aromatic N) is 1. The van der Waals surface area contributed by atoms with Gasteiger partial charge in [0.2, 0.25) is 0 Å². The minimum atomic E-state index is 0.683. The molecule has 0 bridgehead atoms. The summed E-state index contributed by atoms with van der Waals surface area (Å²) in [4.78, 5) is 2.64. The van der Waals surface area contributed by atoms with E-state index in [0.29, 0.717) is 6.04 Å². The number of piperidine rings is 1. The van der Waals surface area contributed by atoms with Gasteiger partial charge in [-0.1, -0.05) is 6.92 Å². The number of rotatable bonds is 3. The summed E-state index contributed by atoms with van der Waals surface area (Å²) in [6.07, 6.45) is 2.78. The van der Waals surface area contributed by atoms with E-state index in [0.717, 1.165) is 18.5 Å². The Morgan fingerprint density at radius 3 is 2.77 bits per heavy atom. The van der Waals surface area contributed by atoms with Crippen LogP contribution >= 0.6 is 0 Å². The van der Waals surface area contributed by atoms with Gasteiger partial charge in [-0.3, -0.25) is 4.90 Å². The van der Waals surface area contributed by atoms with Gasteiger partial charge in [-0.05, 0) is 46.2 Å². The molecule has 0 aromatic carbocycles. The Bertz CT molecular complexity index is 147. The van der Waals surface area contributed by atoms with E-state index in [4.69, 9.17) is 0 Å². The Morgan fingerprint density at radius 1 is 1.46 bits per heavy atom. The van der Waals surface area contributed by atoms with Gasteiger partial charge in [-0.15, -0.1) is 0 Å². The molecule has 1 heterocycles. The van der Waals surface area contributed by atoms with Gasteiger partial charge >= 0.3 is 0 Å². The van der Waals surface area contributed by atoms with Crippen molar-refractivity contribution in [2.45, 2.75) is 45.7 Å². The van der Waals surface area contributed by atoms with E-state index in [1.807, 2.05) is 7.05 Å². The monoisotopic (exact) mass is 184 g/mol. The van der Waals surface area contributed by atoms with Crippen molar-refractivity contribution in [3.05, 3.63) is 0 Å². The topological polar surface area (TPSA) is 15.3 Å². The molecule has 0 spiro atoms. The molecule has 0 aromatic heterocycles. The molecular formula is C11H24N2. The molecule has 1 saturated heterocycles. The third kappa shape index (κ3) is 2.68. The largest absolute Gasteiger partial charge is 0.318 e. The zero-order chi connectivity index (χ0) is 9.84. The summed E-state index contributed by atoms with van der Waals surface area (Å²) in [6.45, 7) is 9.47. The second-order valence-corrected chi connectivity index (χ2v) is 4.50. The molecule has 0 aliphatic carbocycles. The predicted molar refractivity (Wildman–Crippen MR) is 58.0 cm³/mol. The Balaban J connectivity index is 2.46. The van der Waals surface area contributed by atoms with Gasteiger partial charge in [0.15, 0.2) is 0 Å². The fourth-order valence-corrected chi connectivity index (χ4v) is 2.40. The van der Waals surface area contributed by atoms with Crippen LogP contribution in [-0.4, -0.2) is 37.1 Å². The van der Waals surface area contributed by atoms with E-state index in [-0.39, 0.29) is 0 Å². The van der Waals surface area contributed by atoms with E-state index in [1.54, 1.807) is 0 Å². The fourth-order valence-electron chi connectivity index (χ4n) is 2.40. The first kappa shape index (κ1) is 11.0. The average Bonchev–Trinajstić information content (AvgIpc) is 2.10.